The van der Waals surface area contributed by atoms with E-state index in [0.29, 0.717) is 24.1 Å². The summed E-state index contributed by atoms with van der Waals surface area (Å²) in [7, 11) is 0. The zero-order valence-corrected chi connectivity index (χ0v) is 10.6. The van der Waals surface area contributed by atoms with E-state index in [1.165, 1.54) is 6.07 Å². The van der Waals surface area contributed by atoms with E-state index in [0.717, 1.165) is 12.8 Å². The normalized spacial score (nSPS) is 29.6. The Bertz CT molecular complexity index is 505. The highest BCUT2D eigenvalue weighted by molar-refractivity contribution is 5.95. The predicted octanol–water partition coefficient (Wildman–Crippen LogP) is 1.60. The minimum absolute atomic E-state index is 0.123. The molecule has 2 fully saturated rings. The van der Waals surface area contributed by atoms with E-state index in [9.17, 15) is 9.50 Å². The molecule has 0 aliphatic carbocycles. The van der Waals surface area contributed by atoms with Crippen molar-refractivity contribution in [1.82, 2.24) is 0 Å². The molecule has 4 nitrogen and oxygen atoms in total. The maximum absolute atomic E-state index is 14.2. The molecule has 2 aliphatic heterocycles. The van der Waals surface area contributed by atoms with E-state index in [1.54, 1.807) is 12.1 Å². The fourth-order valence-corrected chi connectivity index (χ4v) is 3.43. The second-order valence-corrected chi connectivity index (χ2v) is 5.50. The third kappa shape index (κ3) is 2.08. The number of nitrogen functional groups attached to an aromatic ring is 1. The molecule has 2 saturated heterocycles. The molecule has 2 aliphatic rings. The summed E-state index contributed by atoms with van der Waals surface area (Å²) in [6.45, 7) is 0. The summed E-state index contributed by atoms with van der Waals surface area (Å²) in [6.07, 6.45) is 3.19. The Morgan fingerprint density at radius 1 is 1.32 bits per heavy atom. The van der Waals surface area contributed by atoms with E-state index in [1.807, 2.05) is 0 Å². The summed E-state index contributed by atoms with van der Waals surface area (Å²) in [4.78, 5) is 2.10. The van der Waals surface area contributed by atoms with Gasteiger partial charge in [-0.1, -0.05) is 0 Å². The first-order valence-corrected chi connectivity index (χ1v) is 6.66. The number of benzene rings is 1. The zero-order valence-electron chi connectivity index (χ0n) is 10.6. The molecule has 2 bridgehead atoms. The molecular weight excluding hydrogens is 245 g/mol. The molecule has 4 N–H and O–H groups in total. The van der Waals surface area contributed by atoms with Crippen LogP contribution in [0, 0.1) is 11.2 Å². The number of nitrogens with zero attached hydrogens (tertiary/aromatic N) is 1. The Hall–Kier alpha value is -1.62. The van der Waals surface area contributed by atoms with E-state index in [4.69, 9.17) is 11.1 Å². The quantitative estimate of drug-likeness (QED) is 0.560. The lowest BCUT2D eigenvalue weighted by molar-refractivity contribution is 0.126. The van der Waals surface area contributed by atoms with Crippen molar-refractivity contribution < 1.29 is 9.50 Å². The van der Waals surface area contributed by atoms with Gasteiger partial charge in [0.2, 0.25) is 0 Å². The van der Waals surface area contributed by atoms with Crippen molar-refractivity contribution >= 4 is 11.5 Å². The highest BCUT2D eigenvalue weighted by Crippen LogP contribution is 2.40. The number of hydrogen-bond donors (Lipinski definition) is 3. The van der Waals surface area contributed by atoms with Crippen LogP contribution in [-0.2, 0) is 0 Å². The van der Waals surface area contributed by atoms with Gasteiger partial charge < -0.3 is 15.7 Å². The SMILES string of the molecule is N=C(N)c1ccc(N2C3CCC2CC(O)C3)c(F)c1. The average molecular weight is 263 g/mol. The molecule has 1 aromatic rings. The van der Waals surface area contributed by atoms with Gasteiger partial charge in [-0.3, -0.25) is 5.41 Å². The standard InChI is InChI=1S/C14H18FN3O/c15-12-5-8(14(16)17)1-4-13(12)18-9-2-3-10(18)7-11(19)6-9/h1,4-5,9-11,19H,2-3,6-7H2,(H3,16,17). The Morgan fingerprint density at radius 2 is 1.95 bits per heavy atom. The number of hydrogen-bond acceptors (Lipinski definition) is 3. The molecule has 2 unspecified atom stereocenters. The van der Waals surface area contributed by atoms with E-state index >= 15 is 0 Å². The minimum Gasteiger partial charge on any atom is -0.393 e. The van der Waals surface area contributed by atoms with Crippen molar-refractivity contribution in [3.8, 4) is 0 Å². The average Bonchev–Trinajstić information content (AvgIpc) is 2.62. The second-order valence-electron chi connectivity index (χ2n) is 5.50. The van der Waals surface area contributed by atoms with Gasteiger partial charge in [-0.25, -0.2) is 4.39 Å². The first kappa shape index (κ1) is 12.4. The molecule has 0 saturated carbocycles. The lowest BCUT2D eigenvalue weighted by atomic mass is 9.98. The maximum atomic E-state index is 14.2. The predicted molar refractivity (Wildman–Crippen MR) is 71.9 cm³/mol. The Balaban J connectivity index is 1.93. The van der Waals surface area contributed by atoms with Crippen LogP contribution in [0.25, 0.3) is 0 Å². The van der Waals surface area contributed by atoms with Crippen LogP contribution in [-0.4, -0.2) is 29.1 Å². The summed E-state index contributed by atoms with van der Waals surface area (Å²) in [5, 5.41) is 17.1. The molecular formula is C14H18FN3O. The van der Waals surface area contributed by atoms with Gasteiger partial charge >= 0.3 is 0 Å². The van der Waals surface area contributed by atoms with Gasteiger partial charge in [0.1, 0.15) is 11.7 Å². The number of aliphatic hydroxyl groups is 1. The number of piperidine rings is 1. The van der Waals surface area contributed by atoms with Crippen molar-refractivity contribution in [1.29, 1.82) is 5.41 Å². The van der Waals surface area contributed by atoms with Gasteiger partial charge in [-0.2, -0.15) is 0 Å². The number of aliphatic hydroxyl groups excluding tert-OH is 1. The maximum Gasteiger partial charge on any atom is 0.147 e. The number of amidine groups is 1. The van der Waals surface area contributed by atoms with Gasteiger partial charge in [0.15, 0.2) is 0 Å². The monoisotopic (exact) mass is 263 g/mol. The highest BCUT2D eigenvalue weighted by atomic mass is 19.1. The molecule has 5 heteroatoms. The molecule has 3 rings (SSSR count). The molecule has 0 aromatic heterocycles. The number of fused-ring (bicyclic) bond motifs is 2. The fourth-order valence-electron chi connectivity index (χ4n) is 3.43. The first-order valence-electron chi connectivity index (χ1n) is 6.66. The van der Waals surface area contributed by atoms with Crippen molar-refractivity contribution in [2.75, 3.05) is 4.90 Å². The van der Waals surface area contributed by atoms with Gasteiger partial charge in [-0.05, 0) is 43.9 Å². The third-order valence-corrected chi connectivity index (χ3v) is 4.25. The lowest BCUT2D eigenvalue weighted by Gasteiger charge is -2.39. The molecule has 0 amide bonds. The molecule has 2 heterocycles. The summed E-state index contributed by atoms with van der Waals surface area (Å²) >= 11 is 0. The van der Waals surface area contributed by atoms with Gasteiger partial charge in [-0.15, -0.1) is 0 Å². The van der Waals surface area contributed by atoms with Gasteiger partial charge in [0.05, 0.1) is 11.8 Å². The molecule has 2 atom stereocenters. The van der Waals surface area contributed by atoms with E-state index in [-0.39, 0.29) is 29.8 Å². The minimum atomic E-state index is -0.332. The largest absolute Gasteiger partial charge is 0.393 e. The molecule has 1 aromatic carbocycles. The summed E-state index contributed by atoms with van der Waals surface area (Å²) < 4.78 is 14.2. The van der Waals surface area contributed by atoms with Gasteiger partial charge in [0.25, 0.3) is 0 Å². The Labute approximate surface area is 111 Å². The molecule has 19 heavy (non-hydrogen) atoms. The number of rotatable bonds is 2. The Kier molecular flexibility index (Phi) is 2.93. The highest BCUT2D eigenvalue weighted by Gasteiger charge is 2.41. The van der Waals surface area contributed by atoms with Crippen LogP contribution in [0.5, 0.6) is 0 Å². The molecule has 102 valence electrons. The van der Waals surface area contributed by atoms with E-state index in [2.05, 4.69) is 4.90 Å². The van der Waals surface area contributed by atoms with Crippen molar-refractivity contribution in [3.05, 3.63) is 29.6 Å². The Morgan fingerprint density at radius 3 is 2.47 bits per heavy atom. The zero-order chi connectivity index (χ0) is 13.6. The van der Waals surface area contributed by atoms with Crippen LogP contribution >= 0.6 is 0 Å². The van der Waals surface area contributed by atoms with Gasteiger partial charge in [0, 0.05) is 17.6 Å². The van der Waals surface area contributed by atoms with Crippen LogP contribution in [0.1, 0.15) is 31.2 Å². The van der Waals surface area contributed by atoms with Crippen molar-refractivity contribution in [3.63, 3.8) is 0 Å². The van der Waals surface area contributed by atoms with Crippen LogP contribution in [0.4, 0.5) is 10.1 Å². The van der Waals surface area contributed by atoms with Crippen LogP contribution in [0.15, 0.2) is 18.2 Å². The van der Waals surface area contributed by atoms with Crippen LogP contribution in [0.3, 0.4) is 0 Å². The summed E-state index contributed by atoms with van der Waals surface area (Å²) in [5.41, 5.74) is 6.35. The van der Waals surface area contributed by atoms with Crippen molar-refractivity contribution in [2.24, 2.45) is 5.73 Å². The lowest BCUT2D eigenvalue weighted by Crippen LogP contribution is -2.45. The summed E-state index contributed by atoms with van der Waals surface area (Å²) in [6, 6.07) is 5.17. The topological polar surface area (TPSA) is 73.3 Å². The third-order valence-electron chi connectivity index (χ3n) is 4.25. The molecule has 0 spiro atoms. The molecule has 0 radical (unpaired) electrons. The summed E-state index contributed by atoms with van der Waals surface area (Å²) in [5.74, 6) is -0.455. The number of halogens is 1. The number of nitrogens with two attached hydrogens (primary N) is 1. The van der Waals surface area contributed by atoms with E-state index < -0.39 is 0 Å². The van der Waals surface area contributed by atoms with Crippen LogP contribution < -0.4 is 10.6 Å². The number of nitrogens with one attached hydrogen (secondary N) is 1. The second kappa shape index (κ2) is 4.49. The van der Waals surface area contributed by atoms with Crippen LogP contribution in [0.2, 0.25) is 0 Å². The first-order chi connectivity index (χ1) is 9.06. The van der Waals surface area contributed by atoms with Crippen molar-refractivity contribution in [2.45, 2.75) is 43.9 Å². The fraction of sp³-hybridized carbons (Fsp3) is 0.500. The number of anilines is 1. The smallest absolute Gasteiger partial charge is 0.147 e.